The Morgan fingerprint density at radius 2 is 2.06 bits per heavy atom. The molecule has 2 aliphatic rings. The van der Waals surface area contributed by atoms with Gasteiger partial charge in [-0.1, -0.05) is 31.4 Å². The number of aliphatic hydroxyl groups excluding tert-OH is 1. The zero-order valence-electron chi connectivity index (χ0n) is 20.4. The molecule has 3 rings (SSSR count). The fourth-order valence-corrected chi connectivity index (χ4v) is 4.61. The Kier molecular flexibility index (Phi) is 8.59. The second kappa shape index (κ2) is 11.0. The van der Waals surface area contributed by atoms with Crippen molar-refractivity contribution >= 4 is 23.5 Å². The number of carbonyl (C=O) groups excluding carboxylic acids is 1. The topological polar surface area (TPSA) is 89.2 Å². The van der Waals surface area contributed by atoms with E-state index in [2.05, 4.69) is 5.10 Å². The van der Waals surface area contributed by atoms with Crippen LogP contribution in [-0.2, 0) is 9.47 Å². The number of hydrogen-bond donors (Lipinski definition) is 1. The highest BCUT2D eigenvalue weighted by atomic mass is 35.5. The predicted molar refractivity (Wildman–Crippen MR) is 128 cm³/mol. The minimum absolute atomic E-state index is 0.0120. The minimum atomic E-state index is -0.641. The molecular formula is C24H37ClN4O4. The Hall–Kier alpha value is -1.90. The number of aliphatic imine (C=N–C) groups is 1. The third-order valence-corrected chi connectivity index (χ3v) is 6.18. The third kappa shape index (κ3) is 6.37. The Balaban J connectivity index is 2.05. The highest BCUT2D eigenvalue weighted by molar-refractivity contribution is 6.30. The highest BCUT2D eigenvalue weighted by Gasteiger charge is 2.37. The summed E-state index contributed by atoms with van der Waals surface area (Å²) in [4.78, 5) is 19.8. The van der Waals surface area contributed by atoms with Crippen LogP contribution in [0, 0.1) is 6.92 Å². The highest BCUT2D eigenvalue weighted by Crippen LogP contribution is 2.32. The van der Waals surface area contributed by atoms with Crippen molar-refractivity contribution in [3.8, 4) is 0 Å². The Labute approximate surface area is 201 Å². The first-order chi connectivity index (χ1) is 15.6. The molecule has 9 heteroatoms. The molecule has 0 bridgehead atoms. The van der Waals surface area contributed by atoms with Crippen molar-refractivity contribution in [3.63, 3.8) is 0 Å². The predicted octanol–water partition coefficient (Wildman–Crippen LogP) is 5.28. The van der Waals surface area contributed by atoms with Gasteiger partial charge in [-0.05, 0) is 65.9 Å². The van der Waals surface area contributed by atoms with Crippen LogP contribution in [0.25, 0.3) is 0 Å². The van der Waals surface area contributed by atoms with E-state index in [1.807, 2.05) is 40.7 Å². The zero-order valence-corrected chi connectivity index (χ0v) is 21.1. The molecule has 1 N–H and O–H groups in total. The summed E-state index contributed by atoms with van der Waals surface area (Å²) in [5.74, 6) is 0.450. The van der Waals surface area contributed by atoms with E-state index in [4.69, 9.17) is 26.1 Å². The Morgan fingerprint density at radius 1 is 1.36 bits per heavy atom. The van der Waals surface area contributed by atoms with Crippen molar-refractivity contribution in [2.75, 3.05) is 6.61 Å². The maximum atomic E-state index is 13.4. The number of aliphatic hydroxyl groups is 1. The number of hydrogen-bond acceptors (Lipinski definition) is 6. The van der Waals surface area contributed by atoms with E-state index < -0.39 is 11.7 Å². The molecule has 1 saturated carbocycles. The van der Waals surface area contributed by atoms with E-state index in [0.29, 0.717) is 16.6 Å². The van der Waals surface area contributed by atoms with Gasteiger partial charge < -0.3 is 14.6 Å². The van der Waals surface area contributed by atoms with E-state index in [9.17, 15) is 9.90 Å². The second-order valence-corrected chi connectivity index (χ2v) is 10.1. The minimum Gasteiger partial charge on any atom is -0.443 e. The molecule has 1 saturated heterocycles. The van der Waals surface area contributed by atoms with Gasteiger partial charge in [0.25, 0.3) is 0 Å². The number of carbonyl (C=O) groups is 1. The monoisotopic (exact) mass is 480 g/mol. The van der Waals surface area contributed by atoms with Gasteiger partial charge in [0, 0.05) is 11.7 Å². The average Bonchev–Trinajstić information content (AvgIpc) is 3.47. The van der Waals surface area contributed by atoms with Crippen molar-refractivity contribution in [2.45, 2.75) is 104 Å². The van der Waals surface area contributed by atoms with Crippen LogP contribution in [0.15, 0.2) is 22.4 Å². The van der Waals surface area contributed by atoms with Gasteiger partial charge in [0.15, 0.2) is 12.1 Å². The lowest BCUT2D eigenvalue weighted by atomic mass is 10.1. The molecule has 0 aromatic carbocycles. The van der Waals surface area contributed by atoms with Gasteiger partial charge in [-0.3, -0.25) is 4.90 Å². The van der Waals surface area contributed by atoms with E-state index >= 15 is 0 Å². The van der Waals surface area contributed by atoms with Crippen molar-refractivity contribution in [1.82, 2.24) is 14.7 Å². The number of allylic oxidation sites excluding steroid dienone is 1. The maximum absolute atomic E-state index is 13.4. The largest absolute Gasteiger partial charge is 0.443 e. The number of nitrogens with zero attached hydrogens (tertiary/aromatic N) is 4. The molecule has 8 nitrogen and oxygen atoms in total. The Bertz CT molecular complexity index is 884. The standard InChI is InChI=1S/C24H37ClN4O4/c1-6-9-20(25)27-22(28(17-10-7-8-11-17)23(31)33-24(3,4)5)19-14-26-29(16(19)2)21-13-12-18(15-30)32-21/h9,14,17-18,21,30H,6-8,10-13,15H2,1-5H3/b20-9+,27-22+. The zero-order chi connectivity index (χ0) is 24.2. The SMILES string of the molecule is CC/C=C(Cl)/N=C(\c1cnn(C2CCC(CO)O2)c1C)N(C(=O)OC(C)(C)C)C1CCCC1. The molecule has 1 aromatic rings. The first-order valence-electron chi connectivity index (χ1n) is 11.9. The molecule has 0 spiro atoms. The number of aromatic nitrogens is 2. The third-order valence-electron chi connectivity index (χ3n) is 5.94. The van der Waals surface area contributed by atoms with Crippen LogP contribution in [0.4, 0.5) is 4.79 Å². The number of rotatable bonds is 6. The quantitative estimate of drug-likeness (QED) is 0.340. The van der Waals surface area contributed by atoms with E-state index in [-0.39, 0.29) is 25.0 Å². The van der Waals surface area contributed by atoms with Crippen LogP contribution in [0.2, 0.25) is 0 Å². The summed E-state index contributed by atoms with van der Waals surface area (Å²) < 4.78 is 13.5. The fraction of sp³-hybridized carbons (Fsp3) is 0.708. The van der Waals surface area contributed by atoms with Crippen molar-refractivity contribution < 1.29 is 19.4 Å². The molecular weight excluding hydrogens is 444 g/mol. The molecule has 1 aliphatic heterocycles. The van der Waals surface area contributed by atoms with Gasteiger partial charge in [0.05, 0.1) is 24.5 Å². The lowest BCUT2D eigenvalue weighted by Gasteiger charge is -2.32. The van der Waals surface area contributed by atoms with Gasteiger partial charge in [0.1, 0.15) is 10.8 Å². The van der Waals surface area contributed by atoms with Crippen molar-refractivity contribution in [1.29, 1.82) is 0 Å². The summed E-state index contributed by atoms with van der Waals surface area (Å²) >= 11 is 6.45. The summed E-state index contributed by atoms with van der Waals surface area (Å²) in [7, 11) is 0. The molecule has 184 valence electrons. The fourth-order valence-electron chi connectivity index (χ4n) is 4.38. The lowest BCUT2D eigenvalue weighted by molar-refractivity contribution is -0.0291. The van der Waals surface area contributed by atoms with Crippen LogP contribution in [0.3, 0.4) is 0 Å². The second-order valence-electron chi connectivity index (χ2n) is 9.72. The molecule has 2 atom stereocenters. The molecule has 33 heavy (non-hydrogen) atoms. The van der Waals surface area contributed by atoms with Crippen LogP contribution < -0.4 is 0 Å². The molecule has 0 radical (unpaired) electrons. The Morgan fingerprint density at radius 3 is 2.64 bits per heavy atom. The van der Waals surface area contributed by atoms with Crippen molar-refractivity contribution in [2.24, 2.45) is 4.99 Å². The summed E-state index contributed by atoms with van der Waals surface area (Å²) in [5, 5.41) is 14.3. The summed E-state index contributed by atoms with van der Waals surface area (Å²) in [6.07, 6.45) is 8.76. The average molecular weight is 481 g/mol. The van der Waals surface area contributed by atoms with Crippen LogP contribution in [-0.4, -0.2) is 56.1 Å². The van der Waals surface area contributed by atoms with Crippen LogP contribution in [0.5, 0.6) is 0 Å². The van der Waals surface area contributed by atoms with Gasteiger partial charge >= 0.3 is 6.09 Å². The van der Waals surface area contributed by atoms with E-state index in [0.717, 1.165) is 50.6 Å². The molecule has 1 amide bonds. The summed E-state index contributed by atoms with van der Waals surface area (Å²) in [6.45, 7) is 9.48. The number of amidine groups is 1. The normalized spacial score (nSPS) is 22.8. The van der Waals surface area contributed by atoms with Crippen LogP contribution >= 0.6 is 11.6 Å². The number of ether oxygens (including phenoxy) is 2. The first kappa shape index (κ1) is 25.7. The molecule has 2 fully saturated rings. The molecule has 2 unspecified atom stereocenters. The maximum Gasteiger partial charge on any atom is 0.416 e. The smallest absolute Gasteiger partial charge is 0.416 e. The number of halogens is 1. The molecule has 1 aromatic heterocycles. The van der Waals surface area contributed by atoms with Gasteiger partial charge in [-0.15, -0.1) is 0 Å². The number of amides is 1. The van der Waals surface area contributed by atoms with Gasteiger partial charge in [-0.2, -0.15) is 5.10 Å². The van der Waals surface area contributed by atoms with Crippen molar-refractivity contribution in [3.05, 3.63) is 28.7 Å². The molecule has 1 aliphatic carbocycles. The van der Waals surface area contributed by atoms with Crippen LogP contribution in [0.1, 0.15) is 90.1 Å². The lowest BCUT2D eigenvalue weighted by Crippen LogP contribution is -2.46. The van der Waals surface area contributed by atoms with Gasteiger partial charge in [0.2, 0.25) is 0 Å². The van der Waals surface area contributed by atoms with Gasteiger partial charge in [-0.25, -0.2) is 14.5 Å². The van der Waals surface area contributed by atoms with E-state index in [1.165, 1.54) is 0 Å². The molecule has 2 heterocycles. The first-order valence-corrected chi connectivity index (χ1v) is 12.3. The van der Waals surface area contributed by atoms with E-state index in [1.54, 1.807) is 15.8 Å². The summed E-state index contributed by atoms with van der Waals surface area (Å²) in [5.41, 5.74) is 0.898. The summed E-state index contributed by atoms with van der Waals surface area (Å²) in [6, 6.07) is -0.0195.